The largest absolute Gasteiger partial charge is 0.364 e. The monoisotopic (exact) mass is 278 g/mol. The highest BCUT2D eigenvalue weighted by atomic mass is 15.3. The average molecular weight is 278 g/mol. The highest BCUT2D eigenvalue weighted by Gasteiger charge is 2.27. The van der Waals surface area contributed by atoms with Crippen LogP contribution in [0.5, 0.6) is 0 Å². The van der Waals surface area contributed by atoms with Crippen LogP contribution in [0.15, 0.2) is 24.3 Å². The number of hydrogen-bond acceptors (Lipinski definition) is 2. The number of rotatable bonds is 1. The fraction of sp³-hybridized carbons (Fsp3) is 0.667. The summed E-state index contributed by atoms with van der Waals surface area (Å²) >= 11 is 0. The fourth-order valence-electron chi connectivity index (χ4n) is 2.81. The van der Waals surface area contributed by atoms with Crippen molar-refractivity contribution in [3.8, 4) is 0 Å². The summed E-state index contributed by atoms with van der Waals surface area (Å²) < 4.78 is 0. The van der Waals surface area contributed by atoms with Gasteiger partial charge in [0, 0.05) is 30.9 Å². The molecule has 2 heteroatoms. The third-order valence-corrected chi connectivity index (χ3v) is 3.43. The summed E-state index contributed by atoms with van der Waals surface area (Å²) in [4.78, 5) is 4.96. The second-order valence-electron chi connectivity index (χ2n) is 5.16. The molecule has 0 saturated carbocycles. The first-order valence-corrected chi connectivity index (χ1v) is 8.11. The average Bonchev–Trinajstić information content (AvgIpc) is 2.44. The zero-order chi connectivity index (χ0) is 15.7. The van der Waals surface area contributed by atoms with Crippen LogP contribution in [0.1, 0.15) is 47.1 Å². The Morgan fingerprint density at radius 1 is 0.850 bits per heavy atom. The topological polar surface area (TPSA) is 6.48 Å². The molecule has 2 rings (SSSR count). The van der Waals surface area contributed by atoms with Crippen molar-refractivity contribution in [3.05, 3.63) is 29.8 Å². The van der Waals surface area contributed by atoms with Gasteiger partial charge in [-0.15, -0.1) is 0 Å². The zero-order valence-electron chi connectivity index (χ0n) is 14.8. The van der Waals surface area contributed by atoms with Gasteiger partial charge in [-0.2, -0.15) is 0 Å². The maximum absolute atomic E-state index is 2.54. The molecule has 0 radical (unpaired) electrons. The van der Waals surface area contributed by atoms with E-state index in [0.29, 0.717) is 12.1 Å². The lowest BCUT2D eigenvalue weighted by Gasteiger charge is -2.44. The van der Waals surface area contributed by atoms with Crippen LogP contribution in [0, 0.1) is 6.92 Å². The smallest absolute Gasteiger partial charge is 0.0392 e. The SMILES string of the molecule is CC.CC.Cc1ccc(N2C(C)CN(C)CC2C)cc1. The van der Waals surface area contributed by atoms with Gasteiger partial charge < -0.3 is 9.80 Å². The molecule has 1 aliphatic rings. The predicted octanol–water partition coefficient (Wildman–Crippen LogP) is 4.58. The van der Waals surface area contributed by atoms with Crippen molar-refractivity contribution in [2.24, 2.45) is 0 Å². The van der Waals surface area contributed by atoms with Gasteiger partial charge in [-0.1, -0.05) is 45.4 Å². The lowest BCUT2D eigenvalue weighted by Crippen LogP contribution is -2.55. The Kier molecular flexibility index (Phi) is 9.32. The quantitative estimate of drug-likeness (QED) is 0.742. The number of piperazine rings is 1. The highest BCUT2D eigenvalue weighted by molar-refractivity contribution is 5.50. The number of anilines is 1. The van der Waals surface area contributed by atoms with Crippen LogP contribution >= 0.6 is 0 Å². The van der Waals surface area contributed by atoms with E-state index in [1.54, 1.807) is 0 Å². The Hall–Kier alpha value is -1.02. The summed E-state index contributed by atoms with van der Waals surface area (Å²) in [6, 6.07) is 10.1. The van der Waals surface area contributed by atoms with Crippen molar-refractivity contribution in [2.45, 2.75) is 60.5 Å². The van der Waals surface area contributed by atoms with Crippen LogP contribution < -0.4 is 4.90 Å². The minimum Gasteiger partial charge on any atom is -0.364 e. The van der Waals surface area contributed by atoms with Gasteiger partial charge >= 0.3 is 0 Å². The molecule has 1 heterocycles. The molecule has 20 heavy (non-hydrogen) atoms. The third-order valence-electron chi connectivity index (χ3n) is 3.43. The molecular formula is C18H34N2. The molecule has 0 bridgehead atoms. The van der Waals surface area contributed by atoms with Crippen LogP contribution in [0.3, 0.4) is 0 Å². The molecule has 2 nitrogen and oxygen atoms in total. The zero-order valence-corrected chi connectivity index (χ0v) is 14.8. The second kappa shape index (κ2) is 9.82. The molecule has 1 fully saturated rings. The lowest BCUT2D eigenvalue weighted by atomic mass is 10.1. The van der Waals surface area contributed by atoms with E-state index in [2.05, 4.69) is 61.9 Å². The van der Waals surface area contributed by atoms with Gasteiger partial charge in [0.25, 0.3) is 0 Å². The summed E-state index contributed by atoms with van der Waals surface area (Å²) in [6.45, 7) is 17.1. The van der Waals surface area contributed by atoms with Gasteiger partial charge in [0.15, 0.2) is 0 Å². The Labute approximate surface area is 126 Å². The molecule has 0 amide bonds. The van der Waals surface area contributed by atoms with Crippen LogP contribution in [0.2, 0.25) is 0 Å². The molecule has 1 saturated heterocycles. The van der Waals surface area contributed by atoms with Crippen molar-refractivity contribution in [1.29, 1.82) is 0 Å². The molecule has 1 aromatic rings. The molecule has 0 N–H and O–H groups in total. The minimum absolute atomic E-state index is 0.594. The van der Waals surface area contributed by atoms with Crippen LogP contribution in [-0.4, -0.2) is 37.1 Å². The standard InChI is InChI=1S/C14H22N2.2C2H6/c1-11-5-7-14(8-6-11)16-12(2)9-15(4)10-13(16)3;2*1-2/h5-8,12-13H,9-10H2,1-4H3;2*1-2H3. The Bertz CT molecular complexity index is 333. The molecule has 116 valence electrons. The second-order valence-corrected chi connectivity index (χ2v) is 5.16. The van der Waals surface area contributed by atoms with E-state index >= 15 is 0 Å². The Morgan fingerprint density at radius 2 is 1.25 bits per heavy atom. The first-order chi connectivity index (χ1) is 9.58. The van der Waals surface area contributed by atoms with Crippen molar-refractivity contribution in [3.63, 3.8) is 0 Å². The van der Waals surface area contributed by atoms with Crippen LogP contribution in [-0.2, 0) is 0 Å². The Balaban J connectivity index is 0.000000829. The molecule has 0 aliphatic carbocycles. The van der Waals surface area contributed by atoms with Gasteiger partial charge in [-0.05, 0) is 40.0 Å². The van der Waals surface area contributed by atoms with Gasteiger partial charge in [-0.25, -0.2) is 0 Å². The van der Waals surface area contributed by atoms with Crippen LogP contribution in [0.25, 0.3) is 0 Å². The molecule has 1 aliphatic heterocycles. The number of benzene rings is 1. The molecule has 0 aromatic heterocycles. The summed E-state index contributed by atoms with van der Waals surface area (Å²) in [5, 5.41) is 0. The van der Waals surface area contributed by atoms with Crippen molar-refractivity contribution in [1.82, 2.24) is 4.90 Å². The molecule has 1 aromatic carbocycles. The lowest BCUT2D eigenvalue weighted by molar-refractivity contribution is 0.240. The summed E-state index contributed by atoms with van der Waals surface area (Å²) in [6.07, 6.45) is 0. The normalized spacial score (nSPS) is 22.3. The number of nitrogens with zero attached hydrogens (tertiary/aromatic N) is 2. The summed E-state index contributed by atoms with van der Waals surface area (Å²) in [5.41, 5.74) is 2.69. The summed E-state index contributed by atoms with van der Waals surface area (Å²) in [7, 11) is 2.21. The van der Waals surface area contributed by atoms with E-state index in [0.717, 1.165) is 13.1 Å². The molecular weight excluding hydrogens is 244 g/mol. The number of aryl methyl sites for hydroxylation is 1. The fourth-order valence-corrected chi connectivity index (χ4v) is 2.81. The molecule has 2 unspecified atom stereocenters. The van der Waals surface area contributed by atoms with Gasteiger partial charge in [-0.3, -0.25) is 0 Å². The Morgan fingerprint density at radius 3 is 1.65 bits per heavy atom. The summed E-state index contributed by atoms with van der Waals surface area (Å²) in [5.74, 6) is 0. The maximum Gasteiger partial charge on any atom is 0.0392 e. The minimum atomic E-state index is 0.594. The maximum atomic E-state index is 2.54. The third kappa shape index (κ3) is 5.16. The van der Waals surface area contributed by atoms with E-state index < -0.39 is 0 Å². The number of likely N-dealkylation sites (N-methyl/N-ethyl adjacent to an activating group) is 1. The molecule has 0 spiro atoms. The van der Waals surface area contributed by atoms with Gasteiger partial charge in [0.05, 0.1) is 0 Å². The van der Waals surface area contributed by atoms with E-state index in [1.165, 1.54) is 11.3 Å². The first kappa shape index (κ1) is 19.0. The predicted molar refractivity (Wildman–Crippen MR) is 92.8 cm³/mol. The van der Waals surface area contributed by atoms with Crippen molar-refractivity contribution < 1.29 is 0 Å². The van der Waals surface area contributed by atoms with Gasteiger partial charge in [0.2, 0.25) is 0 Å². The van der Waals surface area contributed by atoms with E-state index in [-0.39, 0.29) is 0 Å². The first-order valence-electron chi connectivity index (χ1n) is 8.11. The number of hydrogen-bond donors (Lipinski definition) is 0. The molecule has 2 atom stereocenters. The van der Waals surface area contributed by atoms with Gasteiger partial charge in [0.1, 0.15) is 0 Å². The van der Waals surface area contributed by atoms with E-state index in [4.69, 9.17) is 0 Å². The van der Waals surface area contributed by atoms with E-state index in [9.17, 15) is 0 Å². The van der Waals surface area contributed by atoms with Crippen molar-refractivity contribution in [2.75, 3.05) is 25.0 Å². The van der Waals surface area contributed by atoms with E-state index in [1.807, 2.05) is 27.7 Å². The van der Waals surface area contributed by atoms with Crippen LogP contribution in [0.4, 0.5) is 5.69 Å². The van der Waals surface area contributed by atoms with Crippen molar-refractivity contribution >= 4 is 5.69 Å². The highest BCUT2D eigenvalue weighted by Crippen LogP contribution is 2.24.